The van der Waals surface area contributed by atoms with Crippen LogP contribution in [0.1, 0.15) is 29.8 Å². The van der Waals surface area contributed by atoms with E-state index in [1.165, 1.54) is 0 Å². The van der Waals surface area contributed by atoms with Gasteiger partial charge >= 0.3 is 0 Å². The Balaban J connectivity index is 1.90. The van der Waals surface area contributed by atoms with Gasteiger partial charge in [0.05, 0.1) is 20.2 Å². The number of carbonyl (C=O) groups is 1. The van der Waals surface area contributed by atoms with Crippen molar-refractivity contribution in [3.05, 3.63) is 59.7 Å². The molecule has 0 fully saturated rings. The van der Waals surface area contributed by atoms with Gasteiger partial charge in [-0.2, -0.15) is 0 Å². The minimum absolute atomic E-state index is 0.0641. The number of amides is 1. The molecule has 0 aliphatic heterocycles. The molecule has 0 aliphatic carbocycles. The first-order valence-electron chi connectivity index (χ1n) is 9.23. The van der Waals surface area contributed by atoms with E-state index in [1.807, 2.05) is 50.2 Å². The topological polar surface area (TPSA) is 98.0 Å². The van der Waals surface area contributed by atoms with Crippen LogP contribution >= 0.6 is 0 Å². The summed E-state index contributed by atoms with van der Waals surface area (Å²) in [5, 5.41) is 6.49. The third kappa shape index (κ3) is 6.83. The van der Waals surface area contributed by atoms with E-state index in [2.05, 4.69) is 15.6 Å². The van der Waals surface area contributed by atoms with Gasteiger partial charge in [0.1, 0.15) is 17.6 Å². The lowest BCUT2D eigenvalue weighted by Gasteiger charge is -2.18. The van der Waals surface area contributed by atoms with Gasteiger partial charge < -0.3 is 25.8 Å². The number of ether oxygens (including phenoxy) is 2. The Morgan fingerprint density at radius 2 is 1.86 bits per heavy atom. The number of nitrogens with zero attached hydrogens (tertiary/aromatic N) is 1. The molecule has 0 radical (unpaired) electrons. The number of primary amides is 1. The van der Waals surface area contributed by atoms with Crippen molar-refractivity contribution in [1.82, 2.24) is 10.6 Å². The highest BCUT2D eigenvalue weighted by Crippen LogP contribution is 2.19. The van der Waals surface area contributed by atoms with Crippen molar-refractivity contribution in [2.24, 2.45) is 10.7 Å². The molecule has 1 unspecified atom stereocenters. The monoisotopic (exact) mass is 384 g/mol. The van der Waals surface area contributed by atoms with Crippen molar-refractivity contribution >= 4 is 11.9 Å². The Kier molecular flexibility index (Phi) is 8.14. The molecule has 4 N–H and O–H groups in total. The van der Waals surface area contributed by atoms with Gasteiger partial charge in [-0.05, 0) is 43.7 Å². The standard InChI is InChI=1S/C21H28N4O3/c1-4-23-21(25-14-16-8-10-17(11-9-16)20(22)26)24-13-15(2)28-19-7-5-6-18(12-19)27-3/h5-12,15H,4,13-14H2,1-3H3,(H2,22,26)(H2,23,24,25). The van der Waals surface area contributed by atoms with Crippen LogP contribution in [0.2, 0.25) is 0 Å². The summed E-state index contributed by atoms with van der Waals surface area (Å²) >= 11 is 0. The quantitative estimate of drug-likeness (QED) is 0.455. The molecule has 28 heavy (non-hydrogen) atoms. The van der Waals surface area contributed by atoms with Gasteiger partial charge in [0, 0.05) is 18.2 Å². The van der Waals surface area contributed by atoms with Crippen molar-refractivity contribution < 1.29 is 14.3 Å². The van der Waals surface area contributed by atoms with E-state index in [9.17, 15) is 4.79 Å². The van der Waals surface area contributed by atoms with Crippen LogP contribution in [0.4, 0.5) is 0 Å². The summed E-state index contributed by atoms with van der Waals surface area (Å²) in [5.41, 5.74) is 6.74. The number of hydrogen-bond donors (Lipinski definition) is 3. The Labute approximate surface area is 165 Å². The zero-order chi connectivity index (χ0) is 20.4. The molecule has 0 bridgehead atoms. The largest absolute Gasteiger partial charge is 0.497 e. The second-order valence-electron chi connectivity index (χ2n) is 6.24. The summed E-state index contributed by atoms with van der Waals surface area (Å²) in [6.45, 7) is 5.81. The molecule has 7 heteroatoms. The SMILES string of the molecule is CCNC(=NCc1ccc(C(N)=O)cc1)NCC(C)Oc1cccc(OC)c1. The van der Waals surface area contributed by atoms with Crippen molar-refractivity contribution in [3.8, 4) is 11.5 Å². The van der Waals surface area contributed by atoms with Crippen LogP contribution in [-0.2, 0) is 6.54 Å². The van der Waals surface area contributed by atoms with E-state index in [0.717, 1.165) is 23.6 Å². The first-order valence-corrected chi connectivity index (χ1v) is 9.23. The number of hydrogen-bond acceptors (Lipinski definition) is 4. The van der Waals surface area contributed by atoms with Crippen LogP contribution in [0.15, 0.2) is 53.5 Å². The highest BCUT2D eigenvalue weighted by molar-refractivity contribution is 5.92. The Bertz CT molecular complexity index is 790. The van der Waals surface area contributed by atoms with E-state index in [4.69, 9.17) is 15.2 Å². The highest BCUT2D eigenvalue weighted by atomic mass is 16.5. The molecule has 0 heterocycles. The maximum atomic E-state index is 11.1. The predicted octanol–water partition coefficient (Wildman–Crippen LogP) is 2.32. The first kappa shape index (κ1) is 21.1. The summed E-state index contributed by atoms with van der Waals surface area (Å²) in [6.07, 6.45) is -0.0641. The van der Waals surface area contributed by atoms with Crippen LogP contribution in [0.5, 0.6) is 11.5 Å². The van der Waals surface area contributed by atoms with Crippen LogP contribution in [0.25, 0.3) is 0 Å². The van der Waals surface area contributed by atoms with Gasteiger partial charge in [-0.3, -0.25) is 4.79 Å². The molecule has 0 aliphatic rings. The highest BCUT2D eigenvalue weighted by Gasteiger charge is 2.07. The predicted molar refractivity (Wildman–Crippen MR) is 111 cm³/mol. The minimum atomic E-state index is -0.435. The normalized spacial score (nSPS) is 12.2. The smallest absolute Gasteiger partial charge is 0.248 e. The number of benzene rings is 2. The van der Waals surface area contributed by atoms with Crippen LogP contribution in [0.3, 0.4) is 0 Å². The van der Waals surface area contributed by atoms with Gasteiger partial charge in [0.25, 0.3) is 0 Å². The molecule has 1 atom stereocenters. The zero-order valence-electron chi connectivity index (χ0n) is 16.6. The number of nitrogens with two attached hydrogens (primary N) is 1. The number of nitrogens with one attached hydrogen (secondary N) is 2. The van der Waals surface area contributed by atoms with Gasteiger partial charge in [-0.25, -0.2) is 4.99 Å². The van der Waals surface area contributed by atoms with E-state index in [1.54, 1.807) is 19.2 Å². The Morgan fingerprint density at radius 3 is 2.50 bits per heavy atom. The number of methoxy groups -OCH3 is 1. The average Bonchev–Trinajstić information content (AvgIpc) is 2.70. The second kappa shape index (κ2) is 10.8. The lowest BCUT2D eigenvalue weighted by molar-refractivity contribution is 0.100. The fraction of sp³-hybridized carbons (Fsp3) is 0.333. The lowest BCUT2D eigenvalue weighted by atomic mass is 10.1. The summed E-state index contributed by atoms with van der Waals surface area (Å²) in [6, 6.07) is 14.6. The number of aliphatic imine (C=N–C) groups is 1. The third-order valence-electron chi connectivity index (χ3n) is 3.94. The van der Waals surface area contributed by atoms with Crippen LogP contribution in [0, 0.1) is 0 Å². The fourth-order valence-electron chi connectivity index (χ4n) is 2.48. The fourth-order valence-corrected chi connectivity index (χ4v) is 2.48. The molecule has 150 valence electrons. The Morgan fingerprint density at radius 1 is 1.14 bits per heavy atom. The molecule has 0 saturated carbocycles. The molecule has 2 rings (SSSR count). The van der Waals surface area contributed by atoms with E-state index in [-0.39, 0.29) is 6.10 Å². The Hall–Kier alpha value is -3.22. The maximum absolute atomic E-state index is 11.1. The summed E-state index contributed by atoms with van der Waals surface area (Å²) in [4.78, 5) is 15.7. The second-order valence-corrected chi connectivity index (χ2v) is 6.24. The van der Waals surface area contributed by atoms with Crippen molar-refractivity contribution in [1.29, 1.82) is 0 Å². The van der Waals surface area contributed by atoms with Gasteiger partial charge in [-0.15, -0.1) is 0 Å². The van der Waals surface area contributed by atoms with E-state index in [0.29, 0.717) is 24.6 Å². The van der Waals surface area contributed by atoms with Gasteiger partial charge in [-0.1, -0.05) is 18.2 Å². The molecule has 0 spiro atoms. The number of guanidine groups is 1. The molecule has 2 aromatic carbocycles. The van der Waals surface area contributed by atoms with Crippen molar-refractivity contribution in [3.63, 3.8) is 0 Å². The summed E-state index contributed by atoms with van der Waals surface area (Å²) < 4.78 is 11.1. The lowest BCUT2D eigenvalue weighted by Crippen LogP contribution is -2.41. The van der Waals surface area contributed by atoms with E-state index >= 15 is 0 Å². The zero-order valence-corrected chi connectivity index (χ0v) is 16.6. The summed E-state index contributed by atoms with van der Waals surface area (Å²) in [7, 11) is 1.63. The average molecular weight is 384 g/mol. The molecule has 0 aromatic heterocycles. The number of carbonyl (C=O) groups excluding carboxylic acids is 1. The first-order chi connectivity index (χ1) is 13.5. The molecule has 0 saturated heterocycles. The molecule has 2 aromatic rings. The molecule has 7 nitrogen and oxygen atoms in total. The molecular formula is C21H28N4O3. The third-order valence-corrected chi connectivity index (χ3v) is 3.94. The van der Waals surface area contributed by atoms with Crippen molar-refractivity contribution in [2.75, 3.05) is 20.2 Å². The van der Waals surface area contributed by atoms with Crippen LogP contribution in [-0.4, -0.2) is 38.2 Å². The molecule has 1 amide bonds. The molecular weight excluding hydrogens is 356 g/mol. The van der Waals surface area contributed by atoms with Crippen LogP contribution < -0.4 is 25.8 Å². The van der Waals surface area contributed by atoms with Gasteiger partial charge in [0.2, 0.25) is 5.91 Å². The summed E-state index contributed by atoms with van der Waals surface area (Å²) in [5.74, 6) is 1.78. The maximum Gasteiger partial charge on any atom is 0.248 e. The van der Waals surface area contributed by atoms with E-state index < -0.39 is 5.91 Å². The van der Waals surface area contributed by atoms with Crippen molar-refractivity contribution in [2.45, 2.75) is 26.5 Å². The minimum Gasteiger partial charge on any atom is -0.497 e. The van der Waals surface area contributed by atoms with Gasteiger partial charge in [0.15, 0.2) is 5.96 Å². The number of rotatable bonds is 9.